The van der Waals surface area contributed by atoms with Crippen molar-refractivity contribution in [1.29, 1.82) is 0 Å². The lowest BCUT2D eigenvalue weighted by Gasteiger charge is -2.10. The number of carbonyl (C=O) groups is 1. The zero-order valence-electron chi connectivity index (χ0n) is 9.20. The van der Waals surface area contributed by atoms with Crippen molar-refractivity contribution in [3.63, 3.8) is 0 Å². The van der Waals surface area contributed by atoms with Crippen molar-refractivity contribution >= 4 is 5.78 Å². The number of furan rings is 1. The molecule has 1 aromatic carbocycles. The highest BCUT2D eigenvalue weighted by atomic mass is 19.1. The molecule has 0 aliphatic heterocycles. The first-order chi connectivity index (χ1) is 8.25. The number of ketones is 1. The van der Waals surface area contributed by atoms with Crippen molar-refractivity contribution in [2.24, 2.45) is 0 Å². The summed E-state index contributed by atoms with van der Waals surface area (Å²) in [6.07, 6.45) is 3.73. The summed E-state index contributed by atoms with van der Waals surface area (Å²) >= 11 is 0. The van der Waals surface area contributed by atoms with Gasteiger partial charge < -0.3 is 4.42 Å². The normalized spacial score (nSPS) is 14.8. The average Bonchev–Trinajstić information content (AvgIpc) is 2.74. The maximum atomic E-state index is 13.2. The van der Waals surface area contributed by atoms with E-state index < -0.39 is 0 Å². The summed E-state index contributed by atoms with van der Waals surface area (Å²) < 4.78 is 18.6. The molecule has 1 aliphatic rings. The van der Waals surface area contributed by atoms with E-state index >= 15 is 0 Å². The molecular formula is C14H11FO2. The Balaban J connectivity index is 2.16. The average molecular weight is 230 g/mol. The van der Waals surface area contributed by atoms with Gasteiger partial charge in [-0.3, -0.25) is 4.79 Å². The summed E-state index contributed by atoms with van der Waals surface area (Å²) in [5.41, 5.74) is 2.05. The number of benzene rings is 1. The number of halogens is 1. The Labute approximate surface area is 98.1 Å². The number of hydrogen-bond donors (Lipinski definition) is 0. The second kappa shape index (κ2) is 3.84. The molecule has 0 saturated heterocycles. The minimum Gasteiger partial charge on any atom is -0.468 e. The van der Waals surface area contributed by atoms with E-state index in [9.17, 15) is 9.18 Å². The van der Waals surface area contributed by atoms with Crippen LogP contribution in [0.3, 0.4) is 0 Å². The zero-order chi connectivity index (χ0) is 11.8. The SMILES string of the molecule is O=C1CCCc2occ(-c3cccc(F)c3)c21. The van der Waals surface area contributed by atoms with Gasteiger partial charge in [-0.2, -0.15) is 0 Å². The molecule has 0 bridgehead atoms. The molecule has 3 heteroatoms. The van der Waals surface area contributed by atoms with E-state index in [1.165, 1.54) is 12.1 Å². The summed E-state index contributed by atoms with van der Waals surface area (Å²) in [6.45, 7) is 0. The fourth-order valence-corrected chi connectivity index (χ4v) is 2.29. The molecule has 3 rings (SSSR count). The molecule has 2 nitrogen and oxygen atoms in total. The van der Waals surface area contributed by atoms with Crippen molar-refractivity contribution in [1.82, 2.24) is 0 Å². The highest BCUT2D eigenvalue weighted by Gasteiger charge is 2.25. The third-order valence-electron chi connectivity index (χ3n) is 3.09. The number of rotatable bonds is 1. The first kappa shape index (κ1) is 10.3. The maximum Gasteiger partial charge on any atom is 0.167 e. The fraction of sp³-hybridized carbons (Fsp3) is 0.214. The molecular weight excluding hydrogens is 219 g/mol. The summed E-state index contributed by atoms with van der Waals surface area (Å²) in [5.74, 6) is 0.528. The number of fused-ring (bicyclic) bond motifs is 1. The summed E-state index contributed by atoms with van der Waals surface area (Å²) in [6, 6.07) is 6.23. The topological polar surface area (TPSA) is 30.2 Å². The Morgan fingerprint density at radius 1 is 1.24 bits per heavy atom. The zero-order valence-corrected chi connectivity index (χ0v) is 9.20. The second-order valence-electron chi connectivity index (χ2n) is 4.23. The molecule has 0 fully saturated rings. The lowest BCUT2D eigenvalue weighted by atomic mass is 9.91. The van der Waals surface area contributed by atoms with Gasteiger partial charge in [0.25, 0.3) is 0 Å². The van der Waals surface area contributed by atoms with E-state index in [4.69, 9.17) is 4.42 Å². The minimum absolute atomic E-state index is 0.0965. The Morgan fingerprint density at radius 3 is 2.94 bits per heavy atom. The van der Waals surface area contributed by atoms with Crippen LogP contribution < -0.4 is 0 Å². The Hall–Kier alpha value is -1.90. The molecule has 0 radical (unpaired) electrons. The first-order valence-electron chi connectivity index (χ1n) is 5.65. The largest absolute Gasteiger partial charge is 0.468 e. The van der Waals surface area contributed by atoms with Gasteiger partial charge in [-0.25, -0.2) is 4.39 Å². The number of Topliss-reactive ketones (excluding diaryl/α,β-unsaturated/α-hetero) is 1. The van der Waals surface area contributed by atoms with Gasteiger partial charge in [0.1, 0.15) is 11.6 Å². The molecule has 2 aromatic rings. The van der Waals surface area contributed by atoms with Gasteiger partial charge in [-0.15, -0.1) is 0 Å². The van der Waals surface area contributed by atoms with E-state index in [0.29, 0.717) is 23.1 Å². The van der Waals surface area contributed by atoms with Gasteiger partial charge in [0.05, 0.1) is 11.8 Å². The fourth-order valence-electron chi connectivity index (χ4n) is 2.29. The van der Waals surface area contributed by atoms with E-state index in [-0.39, 0.29) is 11.6 Å². The summed E-state index contributed by atoms with van der Waals surface area (Å²) in [4.78, 5) is 11.9. The van der Waals surface area contributed by atoms with Gasteiger partial charge in [-0.05, 0) is 24.1 Å². The summed E-state index contributed by atoms with van der Waals surface area (Å²) in [7, 11) is 0. The van der Waals surface area contributed by atoms with Crippen LogP contribution in [-0.4, -0.2) is 5.78 Å². The van der Waals surface area contributed by atoms with Crippen LogP contribution in [0, 0.1) is 5.82 Å². The molecule has 0 unspecified atom stereocenters. The number of aryl methyl sites for hydroxylation is 1. The van der Waals surface area contributed by atoms with Gasteiger partial charge in [-0.1, -0.05) is 12.1 Å². The van der Waals surface area contributed by atoms with Crippen LogP contribution in [0.4, 0.5) is 4.39 Å². The molecule has 17 heavy (non-hydrogen) atoms. The van der Waals surface area contributed by atoms with Gasteiger partial charge in [0.2, 0.25) is 0 Å². The number of hydrogen-bond acceptors (Lipinski definition) is 2. The van der Waals surface area contributed by atoms with Crippen LogP contribution in [0.2, 0.25) is 0 Å². The van der Waals surface area contributed by atoms with Gasteiger partial charge >= 0.3 is 0 Å². The molecule has 0 N–H and O–H groups in total. The molecule has 86 valence electrons. The second-order valence-corrected chi connectivity index (χ2v) is 4.23. The smallest absolute Gasteiger partial charge is 0.167 e. The van der Waals surface area contributed by atoms with Gasteiger partial charge in [0, 0.05) is 18.4 Å². The quantitative estimate of drug-likeness (QED) is 0.749. The molecule has 0 amide bonds. The molecule has 0 atom stereocenters. The van der Waals surface area contributed by atoms with Crippen molar-refractivity contribution < 1.29 is 13.6 Å². The molecule has 1 aliphatic carbocycles. The Kier molecular flexibility index (Phi) is 2.32. The van der Waals surface area contributed by atoms with E-state index in [1.807, 2.05) is 0 Å². The highest BCUT2D eigenvalue weighted by molar-refractivity contribution is 6.04. The number of carbonyl (C=O) groups excluding carboxylic acids is 1. The summed E-state index contributed by atoms with van der Waals surface area (Å²) in [5, 5.41) is 0. The predicted octanol–water partition coefficient (Wildman–Crippen LogP) is 3.60. The van der Waals surface area contributed by atoms with Crippen LogP contribution in [-0.2, 0) is 6.42 Å². The van der Waals surface area contributed by atoms with E-state index in [0.717, 1.165) is 18.6 Å². The molecule has 1 heterocycles. The van der Waals surface area contributed by atoms with Gasteiger partial charge in [0.15, 0.2) is 5.78 Å². The predicted molar refractivity (Wildman–Crippen MR) is 61.4 cm³/mol. The van der Waals surface area contributed by atoms with E-state index in [2.05, 4.69) is 0 Å². The van der Waals surface area contributed by atoms with Crippen LogP contribution in [0.1, 0.15) is 29.0 Å². The lowest BCUT2D eigenvalue weighted by Crippen LogP contribution is -2.09. The lowest BCUT2D eigenvalue weighted by molar-refractivity contribution is 0.0970. The third-order valence-corrected chi connectivity index (χ3v) is 3.09. The Bertz CT molecular complexity index is 584. The minimum atomic E-state index is -0.305. The van der Waals surface area contributed by atoms with Crippen LogP contribution >= 0.6 is 0 Å². The van der Waals surface area contributed by atoms with Crippen molar-refractivity contribution in [3.05, 3.63) is 47.7 Å². The van der Waals surface area contributed by atoms with Crippen LogP contribution in [0.5, 0.6) is 0 Å². The first-order valence-corrected chi connectivity index (χ1v) is 5.65. The standard InChI is InChI=1S/C14H11FO2/c15-10-4-1-3-9(7-10)11-8-17-13-6-2-5-12(16)14(11)13/h1,3-4,7-8H,2,5-6H2. The highest BCUT2D eigenvalue weighted by Crippen LogP contribution is 2.33. The van der Waals surface area contributed by atoms with Crippen LogP contribution in [0.15, 0.2) is 34.9 Å². The molecule has 0 saturated carbocycles. The van der Waals surface area contributed by atoms with E-state index in [1.54, 1.807) is 18.4 Å². The molecule has 1 aromatic heterocycles. The molecule has 0 spiro atoms. The van der Waals surface area contributed by atoms with Crippen molar-refractivity contribution in [2.45, 2.75) is 19.3 Å². The monoisotopic (exact) mass is 230 g/mol. The third kappa shape index (κ3) is 1.68. The maximum absolute atomic E-state index is 13.2. The van der Waals surface area contributed by atoms with Crippen molar-refractivity contribution in [2.75, 3.05) is 0 Å². The van der Waals surface area contributed by atoms with Crippen molar-refractivity contribution in [3.8, 4) is 11.1 Å². The van der Waals surface area contributed by atoms with Crippen LogP contribution in [0.25, 0.3) is 11.1 Å². The Morgan fingerprint density at radius 2 is 2.12 bits per heavy atom.